The second kappa shape index (κ2) is 8.33. The van der Waals surface area contributed by atoms with Crippen molar-refractivity contribution < 1.29 is 0 Å². The van der Waals surface area contributed by atoms with Gasteiger partial charge in [0.1, 0.15) is 5.82 Å². The summed E-state index contributed by atoms with van der Waals surface area (Å²) >= 11 is 6.03. The van der Waals surface area contributed by atoms with Gasteiger partial charge in [-0.3, -0.25) is 0 Å². The van der Waals surface area contributed by atoms with Crippen LogP contribution in [0.25, 0.3) is 11.4 Å². The standard InChI is InChI=1S/C22H24ClN3/c1-4-26(15-17-8-6-5-7-9-17)21-14-20(16(2)3)24-22(25-21)18-10-12-19(23)13-11-18/h5-14,16H,4,15H2,1-3H3. The van der Waals surface area contributed by atoms with E-state index < -0.39 is 0 Å². The molecule has 0 atom stereocenters. The Hall–Kier alpha value is -2.39. The normalized spacial score (nSPS) is 11.0. The van der Waals surface area contributed by atoms with Crippen LogP contribution in [-0.2, 0) is 6.54 Å². The van der Waals surface area contributed by atoms with Crippen molar-refractivity contribution in [1.29, 1.82) is 0 Å². The van der Waals surface area contributed by atoms with Crippen LogP contribution in [0.3, 0.4) is 0 Å². The van der Waals surface area contributed by atoms with Crippen LogP contribution < -0.4 is 4.90 Å². The highest BCUT2D eigenvalue weighted by atomic mass is 35.5. The second-order valence-corrected chi connectivity index (χ2v) is 7.07. The minimum Gasteiger partial charge on any atom is -0.352 e. The van der Waals surface area contributed by atoms with Gasteiger partial charge in [-0.2, -0.15) is 0 Å². The van der Waals surface area contributed by atoms with E-state index >= 15 is 0 Å². The molecule has 3 rings (SSSR count). The summed E-state index contributed by atoms with van der Waals surface area (Å²) in [6, 6.07) is 20.3. The first-order valence-electron chi connectivity index (χ1n) is 9.00. The molecule has 0 aliphatic heterocycles. The molecule has 134 valence electrons. The highest BCUT2D eigenvalue weighted by molar-refractivity contribution is 6.30. The molecule has 0 aliphatic rings. The summed E-state index contributed by atoms with van der Waals surface area (Å²) in [5.74, 6) is 2.03. The molecular weight excluding hydrogens is 342 g/mol. The molecule has 0 unspecified atom stereocenters. The molecule has 3 aromatic rings. The average Bonchev–Trinajstić information content (AvgIpc) is 2.67. The van der Waals surface area contributed by atoms with Crippen molar-refractivity contribution >= 4 is 17.4 Å². The number of aromatic nitrogens is 2. The van der Waals surface area contributed by atoms with E-state index in [2.05, 4.69) is 56.0 Å². The zero-order chi connectivity index (χ0) is 18.5. The summed E-state index contributed by atoms with van der Waals surface area (Å²) < 4.78 is 0. The minimum absolute atomic E-state index is 0.332. The van der Waals surface area contributed by atoms with Gasteiger partial charge in [-0.05, 0) is 42.7 Å². The summed E-state index contributed by atoms with van der Waals surface area (Å²) in [5.41, 5.74) is 3.30. The lowest BCUT2D eigenvalue weighted by atomic mass is 10.1. The Bertz CT molecular complexity index is 845. The lowest BCUT2D eigenvalue weighted by molar-refractivity contribution is 0.783. The van der Waals surface area contributed by atoms with Crippen LogP contribution in [0.4, 0.5) is 5.82 Å². The van der Waals surface area contributed by atoms with Crippen LogP contribution >= 0.6 is 11.6 Å². The summed E-state index contributed by atoms with van der Waals surface area (Å²) in [6.45, 7) is 8.17. The number of rotatable bonds is 6. The third-order valence-corrected chi connectivity index (χ3v) is 4.60. The fourth-order valence-corrected chi connectivity index (χ4v) is 2.92. The number of halogens is 1. The molecule has 0 N–H and O–H groups in total. The van der Waals surface area contributed by atoms with E-state index in [0.717, 1.165) is 36.0 Å². The lowest BCUT2D eigenvalue weighted by Gasteiger charge is -2.23. The van der Waals surface area contributed by atoms with Crippen molar-refractivity contribution in [2.75, 3.05) is 11.4 Å². The molecule has 0 aliphatic carbocycles. The van der Waals surface area contributed by atoms with E-state index in [0.29, 0.717) is 10.9 Å². The van der Waals surface area contributed by atoms with Crippen molar-refractivity contribution in [3.05, 3.63) is 76.9 Å². The first kappa shape index (κ1) is 18.4. The number of hydrogen-bond acceptors (Lipinski definition) is 3. The van der Waals surface area contributed by atoms with E-state index in [4.69, 9.17) is 21.6 Å². The predicted molar refractivity (Wildman–Crippen MR) is 110 cm³/mol. The van der Waals surface area contributed by atoms with Crippen molar-refractivity contribution in [3.63, 3.8) is 0 Å². The van der Waals surface area contributed by atoms with Gasteiger partial charge in [0.15, 0.2) is 5.82 Å². The summed E-state index contributed by atoms with van der Waals surface area (Å²) in [5, 5.41) is 0.716. The molecule has 1 aromatic heterocycles. The molecule has 0 bridgehead atoms. The van der Waals surface area contributed by atoms with Gasteiger partial charge in [0.25, 0.3) is 0 Å². The predicted octanol–water partition coefficient (Wildman–Crippen LogP) is 5.95. The van der Waals surface area contributed by atoms with E-state index in [-0.39, 0.29) is 0 Å². The fraction of sp³-hybridized carbons (Fsp3) is 0.273. The van der Waals surface area contributed by atoms with Gasteiger partial charge in [0, 0.05) is 35.4 Å². The Labute approximate surface area is 160 Å². The minimum atomic E-state index is 0.332. The topological polar surface area (TPSA) is 29.0 Å². The van der Waals surface area contributed by atoms with Gasteiger partial charge in [-0.25, -0.2) is 9.97 Å². The monoisotopic (exact) mass is 365 g/mol. The van der Waals surface area contributed by atoms with E-state index in [1.165, 1.54) is 5.56 Å². The van der Waals surface area contributed by atoms with E-state index in [1.54, 1.807) is 0 Å². The molecule has 0 amide bonds. The molecule has 0 spiro atoms. The van der Waals surface area contributed by atoms with Crippen molar-refractivity contribution in [2.24, 2.45) is 0 Å². The molecule has 1 heterocycles. The lowest BCUT2D eigenvalue weighted by Crippen LogP contribution is -2.23. The largest absolute Gasteiger partial charge is 0.352 e. The average molecular weight is 366 g/mol. The molecule has 0 fully saturated rings. The third kappa shape index (κ3) is 4.41. The highest BCUT2D eigenvalue weighted by Gasteiger charge is 2.14. The van der Waals surface area contributed by atoms with Crippen LogP contribution in [0.2, 0.25) is 5.02 Å². The highest BCUT2D eigenvalue weighted by Crippen LogP contribution is 2.25. The Morgan fingerprint density at radius 3 is 2.27 bits per heavy atom. The Balaban J connectivity index is 2.00. The molecule has 2 aromatic carbocycles. The van der Waals surface area contributed by atoms with Crippen LogP contribution in [0.1, 0.15) is 37.9 Å². The summed E-state index contributed by atoms with van der Waals surface area (Å²) in [6.07, 6.45) is 0. The van der Waals surface area contributed by atoms with Crippen molar-refractivity contribution in [1.82, 2.24) is 9.97 Å². The number of benzene rings is 2. The first-order chi connectivity index (χ1) is 12.6. The third-order valence-electron chi connectivity index (χ3n) is 4.35. The maximum atomic E-state index is 6.03. The Morgan fingerprint density at radius 1 is 0.962 bits per heavy atom. The van der Waals surface area contributed by atoms with E-state index in [1.807, 2.05) is 30.3 Å². The molecule has 0 saturated carbocycles. The zero-order valence-corrected chi connectivity index (χ0v) is 16.2. The van der Waals surface area contributed by atoms with Crippen LogP contribution in [0.15, 0.2) is 60.7 Å². The quantitative estimate of drug-likeness (QED) is 0.540. The van der Waals surface area contributed by atoms with Crippen molar-refractivity contribution in [2.45, 2.75) is 33.2 Å². The molecule has 4 heteroatoms. The van der Waals surface area contributed by atoms with Gasteiger partial charge in [-0.1, -0.05) is 55.8 Å². The molecule has 26 heavy (non-hydrogen) atoms. The van der Waals surface area contributed by atoms with Gasteiger partial charge >= 0.3 is 0 Å². The fourth-order valence-electron chi connectivity index (χ4n) is 2.80. The number of nitrogens with zero attached hydrogens (tertiary/aromatic N) is 3. The van der Waals surface area contributed by atoms with Gasteiger partial charge in [0.2, 0.25) is 0 Å². The SMILES string of the molecule is CCN(Cc1ccccc1)c1cc(C(C)C)nc(-c2ccc(Cl)cc2)n1. The maximum absolute atomic E-state index is 6.03. The number of hydrogen-bond donors (Lipinski definition) is 0. The Kier molecular flexibility index (Phi) is 5.89. The number of anilines is 1. The van der Waals surface area contributed by atoms with E-state index in [9.17, 15) is 0 Å². The van der Waals surface area contributed by atoms with Crippen LogP contribution in [-0.4, -0.2) is 16.5 Å². The van der Waals surface area contributed by atoms with Gasteiger partial charge < -0.3 is 4.90 Å². The van der Waals surface area contributed by atoms with Crippen LogP contribution in [0.5, 0.6) is 0 Å². The zero-order valence-electron chi connectivity index (χ0n) is 15.5. The Morgan fingerprint density at radius 2 is 1.65 bits per heavy atom. The molecular formula is C22H24ClN3. The molecule has 0 radical (unpaired) electrons. The molecule has 0 saturated heterocycles. The summed E-state index contributed by atoms with van der Waals surface area (Å²) in [4.78, 5) is 11.9. The van der Waals surface area contributed by atoms with Gasteiger partial charge in [-0.15, -0.1) is 0 Å². The van der Waals surface area contributed by atoms with Crippen LogP contribution in [0, 0.1) is 0 Å². The second-order valence-electron chi connectivity index (χ2n) is 6.64. The summed E-state index contributed by atoms with van der Waals surface area (Å²) in [7, 11) is 0. The maximum Gasteiger partial charge on any atom is 0.161 e. The molecule has 3 nitrogen and oxygen atoms in total. The van der Waals surface area contributed by atoms with Gasteiger partial charge in [0.05, 0.1) is 0 Å². The first-order valence-corrected chi connectivity index (χ1v) is 9.38. The smallest absolute Gasteiger partial charge is 0.161 e. The van der Waals surface area contributed by atoms with Crippen molar-refractivity contribution in [3.8, 4) is 11.4 Å².